The monoisotopic (exact) mass is 526 g/mol. The molecule has 0 unspecified atom stereocenters. The highest BCUT2D eigenvalue weighted by molar-refractivity contribution is 8.28. The summed E-state index contributed by atoms with van der Waals surface area (Å²) < 4.78 is 28.8. The molecule has 2 aromatic heterocycles. The lowest BCUT2D eigenvalue weighted by Gasteiger charge is -2.40. The Morgan fingerprint density at radius 2 is 2.00 bits per heavy atom. The Bertz CT molecular complexity index is 1370. The summed E-state index contributed by atoms with van der Waals surface area (Å²) in [6.07, 6.45) is 5.22. The number of para-hydroxylation sites is 1. The van der Waals surface area contributed by atoms with E-state index in [2.05, 4.69) is 15.5 Å². The molecule has 1 fully saturated rings. The van der Waals surface area contributed by atoms with Gasteiger partial charge in [-0.25, -0.2) is 4.98 Å². The van der Waals surface area contributed by atoms with Gasteiger partial charge in [0.05, 0.1) is 40.8 Å². The highest BCUT2D eigenvalue weighted by atomic mass is 32.3. The number of hydrogen-bond acceptors (Lipinski definition) is 8. The number of fused-ring (bicyclic) bond motifs is 1. The standard InChI is InChI=1S/C25H30N6O5S/c1-16-6-5-8-20-21(16)31(25(28-20)29-23(32)18-9-10-26-27-14-18)19-7-3-4-11-30(15-19)24(33)22-17(2)36-12-13-37(22,34)35/h5-6,8-10,14,19,34-35H,3-4,7,11-13,15H2,1-2H3,(H,28,29,32)/t19-/m1/s1. The number of likely N-dealkylation sites (tertiary alicyclic amines) is 1. The summed E-state index contributed by atoms with van der Waals surface area (Å²) >= 11 is 0. The van der Waals surface area contributed by atoms with Crippen LogP contribution in [-0.4, -0.2) is 71.0 Å². The molecule has 0 aliphatic carbocycles. The van der Waals surface area contributed by atoms with Crippen molar-refractivity contribution >= 4 is 39.4 Å². The summed E-state index contributed by atoms with van der Waals surface area (Å²) in [5.74, 6) is -0.127. The largest absolute Gasteiger partial charge is 0.494 e. The molecular formula is C25H30N6O5S. The van der Waals surface area contributed by atoms with Gasteiger partial charge >= 0.3 is 0 Å². The van der Waals surface area contributed by atoms with Crippen LogP contribution in [-0.2, 0) is 9.53 Å². The molecule has 3 aromatic rings. The number of carbonyl (C=O) groups is 2. The van der Waals surface area contributed by atoms with Crippen molar-refractivity contribution in [2.75, 3.05) is 30.8 Å². The number of aromatic nitrogens is 4. The first-order valence-corrected chi connectivity index (χ1v) is 13.9. The number of amides is 2. The quantitative estimate of drug-likeness (QED) is 0.464. The Labute approximate surface area is 215 Å². The van der Waals surface area contributed by atoms with Crippen molar-refractivity contribution in [3.63, 3.8) is 0 Å². The average molecular weight is 527 g/mol. The third-order valence-electron chi connectivity index (χ3n) is 6.81. The Kier molecular flexibility index (Phi) is 6.88. The van der Waals surface area contributed by atoms with Gasteiger partial charge in [-0.3, -0.25) is 24.0 Å². The van der Waals surface area contributed by atoms with Crippen LogP contribution in [0.4, 0.5) is 5.95 Å². The van der Waals surface area contributed by atoms with Crippen molar-refractivity contribution in [2.24, 2.45) is 0 Å². The van der Waals surface area contributed by atoms with E-state index in [1.54, 1.807) is 17.9 Å². The molecule has 0 saturated carbocycles. The topological polar surface area (TPSA) is 143 Å². The Balaban J connectivity index is 1.52. The minimum absolute atomic E-state index is 0.00801. The summed E-state index contributed by atoms with van der Waals surface area (Å²) in [6, 6.07) is 7.18. The molecule has 1 atom stereocenters. The summed E-state index contributed by atoms with van der Waals surface area (Å²) in [5, 5.41) is 10.4. The van der Waals surface area contributed by atoms with E-state index in [0.29, 0.717) is 24.6 Å². The smallest absolute Gasteiger partial charge is 0.273 e. The van der Waals surface area contributed by atoms with Crippen LogP contribution in [0.3, 0.4) is 0 Å². The molecule has 5 rings (SSSR count). The van der Waals surface area contributed by atoms with Crippen molar-refractivity contribution in [3.05, 3.63) is 58.5 Å². The normalized spacial score (nSPS) is 20.8. The fourth-order valence-electron chi connectivity index (χ4n) is 5.02. The summed E-state index contributed by atoms with van der Waals surface area (Å²) in [4.78, 5) is 33.0. The molecule has 1 saturated heterocycles. The predicted molar refractivity (Wildman–Crippen MR) is 140 cm³/mol. The van der Waals surface area contributed by atoms with Gasteiger partial charge in [0.15, 0.2) is 4.91 Å². The first kappa shape index (κ1) is 25.2. The van der Waals surface area contributed by atoms with Gasteiger partial charge in [-0.2, -0.15) is 20.8 Å². The number of hydrogen-bond donors (Lipinski definition) is 3. The molecular weight excluding hydrogens is 496 g/mol. The predicted octanol–water partition coefficient (Wildman–Crippen LogP) is 3.95. The molecule has 2 amide bonds. The van der Waals surface area contributed by atoms with Gasteiger partial charge in [0.1, 0.15) is 12.4 Å². The lowest BCUT2D eigenvalue weighted by molar-refractivity contribution is -0.127. The SMILES string of the molecule is CC1=C(C(=O)N2CCCC[C@@H](n3c(NC(=O)c4ccnnc4)nc4cccc(C)c43)C2)S(O)(O)CCO1. The fraction of sp³-hybridized carbons (Fsp3) is 0.400. The highest BCUT2D eigenvalue weighted by Crippen LogP contribution is 2.52. The van der Waals surface area contributed by atoms with E-state index in [0.717, 1.165) is 35.9 Å². The van der Waals surface area contributed by atoms with E-state index in [1.807, 2.05) is 29.7 Å². The zero-order valence-electron chi connectivity index (χ0n) is 20.8. The second-order valence-corrected chi connectivity index (χ2v) is 11.5. The summed E-state index contributed by atoms with van der Waals surface area (Å²) in [7, 11) is -3.22. The fourth-order valence-corrected chi connectivity index (χ4v) is 6.47. The maximum atomic E-state index is 13.6. The minimum Gasteiger partial charge on any atom is -0.494 e. The van der Waals surface area contributed by atoms with E-state index >= 15 is 0 Å². The minimum atomic E-state index is -3.22. The van der Waals surface area contributed by atoms with E-state index in [4.69, 9.17) is 9.72 Å². The Hall–Kier alpha value is -3.48. The van der Waals surface area contributed by atoms with Crippen molar-refractivity contribution < 1.29 is 23.4 Å². The van der Waals surface area contributed by atoms with Crippen LogP contribution in [0.1, 0.15) is 48.1 Å². The number of carbonyl (C=O) groups excluding carboxylic acids is 2. The van der Waals surface area contributed by atoms with Crippen molar-refractivity contribution in [3.8, 4) is 0 Å². The van der Waals surface area contributed by atoms with E-state index in [1.165, 1.54) is 12.4 Å². The Morgan fingerprint density at radius 3 is 2.76 bits per heavy atom. The summed E-state index contributed by atoms with van der Waals surface area (Å²) in [5.41, 5.74) is 2.96. The molecule has 3 N–H and O–H groups in total. The van der Waals surface area contributed by atoms with Crippen LogP contribution in [0.2, 0.25) is 0 Å². The number of rotatable bonds is 4. The van der Waals surface area contributed by atoms with Crippen molar-refractivity contribution in [2.45, 2.75) is 39.2 Å². The molecule has 1 aromatic carbocycles. The molecule has 2 aliphatic heterocycles. The van der Waals surface area contributed by atoms with E-state index in [9.17, 15) is 18.7 Å². The number of aryl methyl sites for hydroxylation is 1. The first-order chi connectivity index (χ1) is 17.8. The van der Waals surface area contributed by atoms with Gasteiger partial charge in [-0.05, 0) is 50.8 Å². The molecule has 37 heavy (non-hydrogen) atoms. The molecule has 0 radical (unpaired) electrons. The van der Waals surface area contributed by atoms with E-state index < -0.39 is 16.5 Å². The lowest BCUT2D eigenvalue weighted by atomic mass is 10.1. The third kappa shape index (κ3) is 4.91. The van der Waals surface area contributed by atoms with Gasteiger partial charge in [-0.15, -0.1) is 0 Å². The molecule has 4 heterocycles. The van der Waals surface area contributed by atoms with Gasteiger partial charge in [0, 0.05) is 13.1 Å². The zero-order valence-corrected chi connectivity index (χ0v) is 21.6. The maximum absolute atomic E-state index is 13.6. The van der Waals surface area contributed by atoms with Crippen LogP contribution in [0.5, 0.6) is 0 Å². The lowest BCUT2D eigenvalue weighted by Crippen LogP contribution is -2.39. The maximum Gasteiger partial charge on any atom is 0.273 e. The van der Waals surface area contributed by atoms with E-state index in [-0.39, 0.29) is 35.0 Å². The summed E-state index contributed by atoms with van der Waals surface area (Å²) in [6.45, 7) is 4.57. The molecule has 2 aliphatic rings. The van der Waals surface area contributed by atoms with Gasteiger partial charge in [-0.1, -0.05) is 12.1 Å². The number of imidazole rings is 1. The van der Waals surface area contributed by atoms with Crippen molar-refractivity contribution in [1.29, 1.82) is 0 Å². The Morgan fingerprint density at radius 1 is 1.16 bits per heavy atom. The third-order valence-corrected chi connectivity index (χ3v) is 8.66. The first-order valence-electron chi connectivity index (χ1n) is 12.2. The molecule has 196 valence electrons. The molecule has 12 heteroatoms. The number of ether oxygens (including phenoxy) is 1. The van der Waals surface area contributed by atoms with Crippen molar-refractivity contribution in [1.82, 2.24) is 24.6 Å². The van der Waals surface area contributed by atoms with Gasteiger partial charge in [0.2, 0.25) is 5.95 Å². The van der Waals surface area contributed by atoms with Gasteiger partial charge in [0.25, 0.3) is 11.8 Å². The second-order valence-electron chi connectivity index (χ2n) is 9.34. The van der Waals surface area contributed by atoms with Crippen LogP contribution < -0.4 is 5.32 Å². The molecule has 0 bridgehead atoms. The zero-order chi connectivity index (χ0) is 26.2. The highest BCUT2D eigenvalue weighted by Gasteiger charge is 2.37. The van der Waals surface area contributed by atoms with Crippen LogP contribution in [0.25, 0.3) is 11.0 Å². The molecule has 11 nitrogen and oxygen atoms in total. The number of benzene rings is 1. The molecule has 0 spiro atoms. The average Bonchev–Trinajstić information content (AvgIpc) is 3.06. The van der Waals surface area contributed by atoms with Gasteiger partial charge < -0.3 is 14.2 Å². The second kappa shape index (κ2) is 10.1. The van der Waals surface area contributed by atoms with Crippen LogP contribution in [0, 0.1) is 6.92 Å². The number of allylic oxidation sites excluding steroid dienone is 1. The number of nitrogens with zero attached hydrogens (tertiary/aromatic N) is 5. The number of anilines is 1. The number of nitrogens with one attached hydrogen (secondary N) is 1. The van der Waals surface area contributed by atoms with Crippen LogP contribution in [0.15, 0.2) is 47.3 Å². The van der Waals surface area contributed by atoms with Crippen LogP contribution >= 0.6 is 10.6 Å².